The summed E-state index contributed by atoms with van der Waals surface area (Å²) in [5.74, 6) is 0. The average molecular weight is 457 g/mol. The van der Waals surface area contributed by atoms with Gasteiger partial charge in [-0.15, -0.1) is 0 Å². The SMILES string of the molecule is CCCCOOCCCCC1(CCCCOOCCCC)CCCCCCCCCCC1. The molecule has 0 saturated heterocycles. The molecule has 0 N–H and O–H groups in total. The van der Waals surface area contributed by atoms with Crippen molar-refractivity contribution in [2.24, 2.45) is 5.41 Å². The Morgan fingerprint density at radius 2 is 0.781 bits per heavy atom. The Morgan fingerprint density at radius 1 is 0.438 bits per heavy atom. The first-order valence-corrected chi connectivity index (χ1v) is 14.3. The van der Waals surface area contributed by atoms with E-state index in [1.165, 1.54) is 96.3 Å². The first kappa shape index (κ1) is 29.9. The molecule has 192 valence electrons. The van der Waals surface area contributed by atoms with E-state index in [2.05, 4.69) is 13.8 Å². The molecule has 0 aliphatic heterocycles. The van der Waals surface area contributed by atoms with Crippen molar-refractivity contribution >= 4 is 0 Å². The van der Waals surface area contributed by atoms with Crippen LogP contribution >= 0.6 is 0 Å². The van der Waals surface area contributed by atoms with E-state index in [4.69, 9.17) is 19.6 Å². The molecule has 0 bridgehead atoms. The van der Waals surface area contributed by atoms with Crippen LogP contribution in [-0.4, -0.2) is 26.4 Å². The molecule has 1 aliphatic carbocycles. The normalized spacial score (nSPS) is 18.2. The van der Waals surface area contributed by atoms with Crippen LogP contribution in [0.1, 0.15) is 149 Å². The second-order valence-electron chi connectivity index (χ2n) is 10.1. The molecule has 1 rings (SSSR count). The van der Waals surface area contributed by atoms with Crippen molar-refractivity contribution in [3.63, 3.8) is 0 Å². The molecule has 0 spiro atoms. The number of rotatable bonds is 18. The standard InChI is InChI=1S/C28H56O4/c1-3-5-24-29-31-26-18-16-22-28(23-17-19-27-32-30-25-6-4-2)20-14-12-10-8-7-9-11-13-15-21-28/h3-27H2,1-2H3. The van der Waals surface area contributed by atoms with E-state index in [0.29, 0.717) is 5.41 Å². The third kappa shape index (κ3) is 17.3. The molecule has 0 radical (unpaired) electrons. The zero-order valence-electron chi connectivity index (χ0n) is 21.8. The van der Waals surface area contributed by atoms with Crippen LogP contribution in [0.25, 0.3) is 0 Å². The first-order valence-electron chi connectivity index (χ1n) is 14.3. The molecule has 0 amide bonds. The number of hydrogen-bond donors (Lipinski definition) is 0. The first-order chi connectivity index (χ1) is 15.8. The van der Waals surface area contributed by atoms with E-state index >= 15 is 0 Å². The topological polar surface area (TPSA) is 36.9 Å². The van der Waals surface area contributed by atoms with Crippen LogP contribution in [-0.2, 0) is 19.6 Å². The molecule has 0 unspecified atom stereocenters. The summed E-state index contributed by atoms with van der Waals surface area (Å²) in [7, 11) is 0. The van der Waals surface area contributed by atoms with Crippen molar-refractivity contribution in [1.29, 1.82) is 0 Å². The monoisotopic (exact) mass is 456 g/mol. The Labute approximate surface area is 200 Å². The predicted octanol–water partition coefficient (Wildman–Crippen LogP) is 9.11. The van der Waals surface area contributed by atoms with Gasteiger partial charge in [0.05, 0.1) is 26.4 Å². The second-order valence-corrected chi connectivity index (χ2v) is 10.1. The molecule has 1 fully saturated rings. The van der Waals surface area contributed by atoms with Gasteiger partial charge in [-0.3, -0.25) is 0 Å². The highest BCUT2D eigenvalue weighted by Crippen LogP contribution is 2.42. The van der Waals surface area contributed by atoms with Gasteiger partial charge >= 0.3 is 0 Å². The van der Waals surface area contributed by atoms with Crippen LogP contribution < -0.4 is 0 Å². The quantitative estimate of drug-likeness (QED) is 0.117. The van der Waals surface area contributed by atoms with Crippen LogP contribution in [0.2, 0.25) is 0 Å². The van der Waals surface area contributed by atoms with Gasteiger partial charge in [-0.05, 0) is 56.8 Å². The fourth-order valence-electron chi connectivity index (χ4n) is 4.95. The summed E-state index contributed by atoms with van der Waals surface area (Å²) in [6.07, 6.45) is 27.6. The van der Waals surface area contributed by atoms with Gasteiger partial charge in [-0.1, -0.05) is 97.3 Å². The van der Waals surface area contributed by atoms with Gasteiger partial charge in [0.1, 0.15) is 0 Å². The van der Waals surface area contributed by atoms with E-state index in [-0.39, 0.29) is 0 Å². The van der Waals surface area contributed by atoms with E-state index in [1.807, 2.05) is 0 Å². The highest BCUT2D eigenvalue weighted by atomic mass is 17.2. The maximum Gasteiger partial charge on any atom is 0.0822 e. The van der Waals surface area contributed by atoms with E-state index in [1.54, 1.807) is 0 Å². The molecular weight excluding hydrogens is 400 g/mol. The van der Waals surface area contributed by atoms with Crippen LogP contribution in [0.15, 0.2) is 0 Å². The third-order valence-corrected chi connectivity index (χ3v) is 7.11. The molecule has 0 heterocycles. The van der Waals surface area contributed by atoms with E-state index in [9.17, 15) is 0 Å². The third-order valence-electron chi connectivity index (χ3n) is 7.11. The van der Waals surface area contributed by atoms with Crippen molar-refractivity contribution < 1.29 is 19.6 Å². The van der Waals surface area contributed by atoms with Crippen LogP contribution in [0.5, 0.6) is 0 Å². The van der Waals surface area contributed by atoms with Crippen molar-refractivity contribution in [3.8, 4) is 0 Å². The summed E-state index contributed by atoms with van der Waals surface area (Å²) in [6.45, 7) is 7.29. The molecular formula is C28H56O4. The maximum atomic E-state index is 5.39. The van der Waals surface area contributed by atoms with Crippen LogP contribution in [0, 0.1) is 5.41 Å². The summed E-state index contributed by atoms with van der Waals surface area (Å²) < 4.78 is 0. The van der Waals surface area contributed by atoms with E-state index < -0.39 is 0 Å². The van der Waals surface area contributed by atoms with Crippen molar-refractivity contribution in [2.75, 3.05) is 26.4 Å². The fraction of sp³-hybridized carbons (Fsp3) is 1.00. The minimum absolute atomic E-state index is 0.519. The summed E-state index contributed by atoms with van der Waals surface area (Å²) in [4.78, 5) is 21.4. The fourth-order valence-corrected chi connectivity index (χ4v) is 4.95. The summed E-state index contributed by atoms with van der Waals surface area (Å²) in [5, 5.41) is 0. The lowest BCUT2D eigenvalue weighted by Gasteiger charge is -2.35. The maximum absolute atomic E-state index is 5.39. The Bertz CT molecular complexity index is 340. The zero-order chi connectivity index (χ0) is 23.0. The summed E-state index contributed by atoms with van der Waals surface area (Å²) in [6, 6.07) is 0. The number of unbranched alkanes of at least 4 members (excludes halogenated alkanes) is 4. The molecule has 0 aromatic rings. The van der Waals surface area contributed by atoms with E-state index in [0.717, 1.165) is 65.0 Å². The molecule has 0 atom stereocenters. The van der Waals surface area contributed by atoms with Gasteiger partial charge < -0.3 is 0 Å². The van der Waals surface area contributed by atoms with Crippen LogP contribution in [0.3, 0.4) is 0 Å². The van der Waals surface area contributed by atoms with Gasteiger partial charge in [-0.25, -0.2) is 19.6 Å². The molecule has 32 heavy (non-hydrogen) atoms. The predicted molar refractivity (Wildman–Crippen MR) is 135 cm³/mol. The average Bonchev–Trinajstić information content (AvgIpc) is 2.79. The van der Waals surface area contributed by atoms with Gasteiger partial charge in [0, 0.05) is 0 Å². The lowest BCUT2D eigenvalue weighted by molar-refractivity contribution is -0.295. The Hall–Kier alpha value is -0.160. The minimum Gasteiger partial charge on any atom is -0.237 e. The minimum atomic E-state index is 0.519. The van der Waals surface area contributed by atoms with Crippen molar-refractivity contribution in [2.45, 2.75) is 149 Å². The number of hydrogen-bond acceptors (Lipinski definition) is 4. The summed E-state index contributed by atoms with van der Waals surface area (Å²) in [5.41, 5.74) is 0.519. The molecule has 0 aromatic carbocycles. The molecule has 4 nitrogen and oxygen atoms in total. The highest BCUT2D eigenvalue weighted by molar-refractivity contribution is 4.80. The van der Waals surface area contributed by atoms with Gasteiger partial charge in [0.25, 0.3) is 0 Å². The van der Waals surface area contributed by atoms with Crippen LogP contribution in [0.4, 0.5) is 0 Å². The van der Waals surface area contributed by atoms with Gasteiger partial charge in [-0.2, -0.15) is 0 Å². The molecule has 4 heteroatoms. The largest absolute Gasteiger partial charge is 0.237 e. The lowest BCUT2D eigenvalue weighted by Crippen LogP contribution is -2.22. The smallest absolute Gasteiger partial charge is 0.0822 e. The second kappa shape index (κ2) is 22.6. The Morgan fingerprint density at radius 3 is 1.16 bits per heavy atom. The van der Waals surface area contributed by atoms with Crippen molar-refractivity contribution in [3.05, 3.63) is 0 Å². The Balaban J connectivity index is 2.42. The van der Waals surface area contributed by atoms with Gasteiger partial charge in [0.2, 0.25) is 0 Å². The van der Waals surface area contributed by atoms with Crippen molar-refractivity contribution in [1.82, 2.24) is 0 Å². The summed E-state index contributed by atoms with van der Waals surface area (Å²) >= 11 is 0. The van der Waals surface area contributed by atoms with Gasteiger partial charge in [0.15, 0.2) is 0 Å². The Kier molecular flexibility index (Phi) is 21.1. The lowest BCUT2D eigenvalue weighted by atomic mass is 9.70. The highest BCUT2D eigenvalue weighted by Gasteiger charge is 2.28. The molecule has 0 aromatic heterocycles. The molecule has 1 aliphatic rings. The molecule has 1 saturated carbocycles. The zero-order valence-corrected chi connectivity index (χ0v) is 21.8.